The molecule has 1 unspecified atom stereocenters. The summed E-state index contributed by atoms with van der Waals surface area (Å²) >= 11 is 6.06. The predicted octanol–water partition coefficient (Wildman–Crippen LogP) is 2.12. The number of nitrogens with zero attached hydrogens (tertiary/aromatic N) is 1. The lowest BCUT2D eigenvalue weighted by Crippen LogP contribution is -2.32. The molecule has 0 spiro atoms. The molecule has 1 aromatic heterocycles. The van der Waals surface area contributed by atoms with Crippen LogP contribution in [0.4, 0.5) is 0 Å². The van der Waals surface area contributed by atoms with Crippen LogP contribution in [0.5, 0.6) is 0 Å². The summed E-state index contributed by atoms with van der Waals surface area (Å²) in [6.07, 6.45) is 4.86. The maximum Gasteiger partial charge on any atom is 0.251 e. The third-order valence-corrected chi connectivity index (χ3v) is 6.12. The van der Waals surface area contributed by atoms with Gasteiger partial charge >= 0.3 is 0 Å². The summed E-state index contributed by atoms with van der Waals surface area (Å²) in [6.45, 7) is 1.13. The first-order valence-corrected chi connectivity index (χ1v) is 10.4. The average Bonchev–Trinajstić information content (AvgIpc) is 3.19. The Morgan fingerprint density at radius 1 is 1.26 bits per heavy atom. The molecule has 1 aliphatic heterocycles. The molecule has 1 aliphatic rings. The molecule has 9 heteroatoms. The number of pyridine rings is 1. The van der Waals surface area contributed by atoms with Crippen molar-refractivity contribution in [2.75, 3.05) is 13.2 Å². The largest absolute Gasteiger partial charge is 0.377 e. The molecular weight excluding hydrogens is 390 g/mol. The molecule has 0 saturated carbocycles. The third-order valence-electron chi connectivity index (χ3n) is 4.21. The van der Waals surface area contributed by atoms with Gasteiger partial charge in [-0.3, -0.25) is 9.78 Å². The molecule has 2 N–H and O–H groups in total. The van der Waals surface area contributed by atoms with Gasteiger partial charge < -0.3 is 10.1 Å². The smallest absolute Gasteiger partial charge is 0.251 e. The number of rotatable bonds is 7. The lowest BCUT2D eigenvalue weighted by atomic mass is 10.2. The molecule has 2 heterocycles. The van der Waals surface area contributed by atoms with Gasteiger partial charge in [0.15, 0.2) is 0 Å². The second-order valence-electron chi connectivity index (χ2n) is 6.17. The highest BCUT2D eigenvalue weighted by Crippen LogP contribution is 2.23. The highest BCUT2D eigenvalue weighted by Gasteiger charge is 2.23. The number of halogens is 1. The van der Waals surface area contributed by atoms with Crippen LogP contribution in [0, 0.1) is 0 Å². The molecule has 2 aromatic rings. The van der Waals surface area contributed by atoms with E-state index in [4.69, 9.17) is 16.3 Å². The summed E-state index contributed by atoms with van der Waals surface area (Å²) in [4.78, 5) is 16.2. The number of sulfonamides is 1. The fourth-order valence-electron chi connectivity index (χ4n) is 2.72. The zero-order valence-electron chi connectivity index (χ0n) is 14.5. The van der Waals surface area contributed by atoms with E-state index in [2.05, 4.69) is 15.0 Å². The first-order chi connectivity index (χ1) is 13.0. The molecule has 1 saturated heterocycles. The van der Waals surface area contributed by atoms with E-state index in [1.165, 1.54) is 18.2 Å². The molecule has 0 radical (unpaired) electrons. The predicted molar refractivity (Wildman–Crippen MR) is 101 cm³/mol. The van der Waals surface area contributed by atoms with Crippen molar-refractivity contribution in [3.8, 4) is 0 Å². The number of benzene rings is 1. The van der Waals surface area contributed by atoms with Crippen LogP contribution in [0.1, 0.15) is 28.8 Å². The van der Waals surface area contributed by atoms with Crippen LogP contribution in [0.25, 0.3) is 0 Å². The topological polar surface area (TPSA) is 97.4 Å². The summed E-state index contributed by atoms with van der Waals surface area (Å²) < 4.78 is 33.1. The van der Waals surface area contributed by atoms with E-state index in [0.29, 0.717) is 13.2 Å². The Kier molecular flexibility index (Phi) is 6.43. The molecule has 7 nitrogen and oxygen atoms in total. The summed E-state index contributed by atoms with van der Waals surface area (Å²) in [6, 6.07) is 7.75. The van der Waals surface area contributed by atoms with Crippen LogP contribution < -0.4 is 10.0 Å². The zero-order valence-corrected chi connectivity index (χ0v) is 16.1. The van der Waals surface area contributed by atoms with Gasteiger partial charge in [0.25, 0.3) is 5.91 Å². The number of aromatic nitrogens is 1. The van der Waals surface area contributed by atoms with Crippen LogP contribution >= 0.6 is 11.6 Å². The molecule has 1 atom stereocenters. The highest BCUT2D eigenvalue weighted by molar-refractivity contribution is 7.89. The zero-order chi connectivity index (χ0) is 19.3. The molecule has 144 valence electrons. The van der Waals surface area contributed by atoms with E-state index in [1.54, 1.807) is 24.5 Å². The van der Waals surface area contributed by atoms with E-state index in [-0.39, 0.29) is 34.0 Å². The number of amides is 1. The summed E-state index contributed by atoms with van der Waals surface area (Å²) in [7, 11) is -3.85. The molecule has 1 aromatic carbocycles. The SMILES string of the molecule is O=C(NCc1ccncc1)c1ccc(Cl)c(S(=O)(=O)NCC2CCCO2)c1. The van der Waals surface area contributed by atoms with Gasteiger partial charge in [-0.1, -0.05) is 11.6 Å². The molecular formula is C18H20ClN3O4S. The standard InChI is InChI=1S/C18H20ClN3O4S/c19-16-4-3-14(18(23)21-11-13-5-7-20-8-6-13)10-17(16)27(24,25)22-12-15-2-1-9-26-15/h3-8,10,15,22H,1-2,9,11-12H2,(H,21,23). The maximum absolute atomic E-state index is 12.6. The van der Waals surface area contributed by atoms with Gasteiger partial charge in [0.2, 0.25) is 10.0 Å². The Balaban J connectivity index is 1.69. The van der Waals surface area contributed by atoms with Crippen molar-refractivity contribution in [3.63, 3.8) is 0 Å². The number of nitrogens with one attached hydrogen (secondary N) is 2. The summed E-state index contributed by atoms with van der Waals surface area (Å²) in [5, 5.41) is 2.80. The van der Waals surface area contributed by atoms with E-state index in [9.17, 15) is 13.2 Å². The van der Waals surface area contributed by atoms with E-state index < -0.39 is 10.0 Å². The minimum absolute atomic E-state index is 0.0560. The number of hydrogen-bond acceptors (Lipinski definition) is 5. The van der Waals surface area contributed by atoms with Crippen LogP contribution in [0.2, 0.25) is 5.02 Å². The van der Waals surface area contributed by atoms with Crippen molar-refractivity contribution < 1.29 is 17.9 Å². The van der Waals surface area contributed by atoms with Gasteiger partial charge in [-0.2, -0.15) is 0 Å². The number of ether oxygens (including phenoxy) is 1. The molecule has 3 rings (SSSR count). The molecule has 27 heavy (non-hydrogen) atoms. The number of carbonyl (C=O) groups is 1. The quantitative estimate of drug-likeness (QED) is 0.730. The Hall–Kier alpha value is -2.00. The molecule has 0 aliphatic carbocycles. The lowest BCUT2D eigenvalue weighted by Gasteiger charge is -2.13. The second kappa shape index (κ2) is 8.79. The minimum atomic E-state index is -3.85. The highest BCUT2D eigenvalue weighted by atomic mass is 35.5. The van der Waals surface area contributed by atoms with Gasteiger partial charge in [0.05, 0.1) is 11.1 Å². The van der Waals surface area contributed by atoms with Crippen molar-refractivity contribution in [3.05, 3.63) is 58.9 Å². The van der Waals surface area contributed by atoms with Crippen molar-refractivity contribution in [2.24, 2.45) is 0 Å². The fourth-order valence-corrected chi connectivity index (χ4v) is 4.31. The van der Waals surface area contributed by atoms with Crippen LogP contribution in [-0.2, 0) is 21.3 Å². The monoisotopic (exact) mass is 409 g/mol. The van der Waals surface area contributed by atoms with Crippen LogP contribution in [0.3, 0.4) is 0 Å². The van der Waals surface area contributed by atoms with Gasteiger partial charge in [-0.05, 0) is 48.7 Å². The Labute approximate surface area is 163 Å². The molecule has 1 fully saturated rings. The third kappa shape index (κ3) is 5.26. The summed E-state index contributed by atoms with van der Waals surface area (Å²) in [5.41, 5.74) is 1.10. The van der Waals surface area contributed by atoms with Crippen molar-refractivity contribution in [1.82, 2.24) is 15.0 Å². The molecule has 0 bridgehead atoms. The van der Waals surface area contributed by atoms with E-state index >= 15 is 0 Å². The van der Waals surface area contributed by atoms with Crippen LogP contribution in [0.15, 0.2) is 47.6 Å². The van der Waals surface area contributed by atoms with E-state index in [1.807, 2.05) is 0 Å². The van der Waals surface area contributed by atoms with Crippen molar-refractivity contribution in [1.29, 1.82) is 0 Å². The Bertz CT molecular complexity index is 900. The Morgan fingerprint density at radius 3 is 2.74 bits per heavy atom. The van der Waals surface area contributed by atoms with Crippen LogP contribution in [-0.4, -0.2) is 38.6 Å². The van der Waals surface area contributed by atoms with Crippen molar-refractivity contribution >= 4 is 27.5 Å². The Morgan fingerprint density at radius 2 is 2.04 bits per heavy atom. The van der Waals surface area contributed by atoms with Gasteiger partial charge in [-0.15, -0.1) is 0 Å². The lowest BCUT2D eigenvalue weighted by molar-refractivity contribution is 0.0950. The summed E-state index contributed by atoms with van der Waals surface area (Å²) in [5.74, 6) is -0.390. The number of carbonyl (C=O) groups excluding carboxylic acids is 1. The fraction of sp³-hybridized carbons (Fsp3) is 0.333. The maximum atomic E-state index is 12.6. The minimum Gasteiger partial charge on any atom is -0.377 e. The van der Waals surface area contributed by atoms with Gasteiger partial charge in [0.1, 0.15) is 4.90 Å². The normalized spacial score (nSPS) is 17.0. The van der Waals surface area contributed by atoms with Gasteiger partial charge in [0, 0.05) is 37.7 Å². The number of hydrogen-bond donors (Lipinski definition) is 2. The van der Waals surface area contributed by atoms with E-state index in [0.717, 1.165) is 18.4 Å². The second-order valence-corrected chi connectivity index (χ2v) is 8.31. The first-order valence-electron chi connectivity index (χ1n) is 8.53. The molecule has 1 amide bonds. The van der Waals surface area contributed by atoms with Gasteiger partial charge in [-0.25, -0.2) is 13.1 Å². The first kappa shape index (κ1) is 19.8. The van der Waals surface area contributed by atoms with Crippen molar-refractivity contribution in [2.45, 2.75) is 30.4 Å². The average molecular weight is 410 g/mol.